The van der Waals surface area contributed by atoms with E-state index in [4.69, 9.17) is 11.6 Å². The Morgan fingerprint density at radius 2 is 1.91 bits per heavy atom. The molecule has 1 aliphatic rings. The van der Waals surface area contributed by atoms with Crippen molar-refractivity contribution in [2.24, 2.45) is 7.05 Å². The fraction of sp³-hybridized carbons (Fsp3) is 0.412. The summed E-state index contributed by atoms with van der Waals surface area (Å²) in [5.74, 6) is 0.0445. The zero-order valence-electron chi connectivity index (χ0n) is 13.4. The molecule has 5 nitrogen and oxygen atoms in total. The average molecular weight is 333 g/mol. The SMILES string of the molecule is CN(C(=O)c1cnn(C)c1)C1CCN(c2ccc(Cl)cc2)CC1. The van der Waals surface area contributed by atoms with Gasteiger partial charge in [-0.1, -0.05) is 11.6 Å². The van der Waals surface area contributed by atoms with E-state index in [0.29, 0.717) is 5.56 Å². The molecule has 0 spiro atoms. The molecule has 1 fully saturated rings. The number of halogens is 1. The fourth-order valence-corrected chi connectivity index (χ4v) is 3.19. The lowest BCUT2D eigenvalue weighted by molar-refractivity contribution is 0.0709. The van der Waals surface area contributed by atoms with Crippen LogP contribution in [0.1, 0.15) is 23.2 Å². The molecular weight excluding hydrogens is 312 g/mol. The Balaban J connectivity index is 1.60. The predicted octanol–water partition coefficient (Wildman–Crippen LogP) is 2.81. The van der Waals surface area contributed by atoms with E-state index in [0.717, 1.165) is 31.0 Å². The van der Waals surface area contributed by atoms with Gasteiger partial charge < -0.3 is 9.80 Å². The van der Waals surface area contributed by atoms with E-state index in [1.54, 1.807) is 17.1 Å². The van der Waals surface area contributed by atoms with Crippen LogP contribution < -0.4 is 4.90 Å². The summed E-state index contributed by atoms with van der Waals surface area (Å²) in [7, 11) is 3.71. The summed E-state index contributed by atoms with van der Waals surface area (Å²) in [5.41, 5.74) is 1.84. The summed E-state index contributed by atoms with van der Waals surface area (Å²) < 4.78 is 1.66. The maximum atomic E-state index is 12.5. The van der Waals surface area contributed by atoms with Crippen LogP contribution in [0.2, 0.25) is 5.02 Å². The number of carbonyl (C=O) groups is 1. The molecule has 1 aromatic heterocycles. The molecule has 0 saturated carbocycles. The molecule has 2 heterocycles. The number of carbonyl (C=O) groups excluding carboxylic acids is 1. The summed E-state index contributed by atoms with van der Waals surface area (Å²) in [6, 6.07) is 8.20. The first kappa shape index (κ1) is 15.9. The Bertz CT molecular complexity index is 674. The molecule has 1 amide bonds. The molecule has 1 aliphatic heterocycles. The summed E-state index contributed by atoms with van der Waals surface area (Å²) in [5, 5.41) is 4.83. The van der Waals surface area contributed by atoms with Crippen molar-refractivity contribution in [1.82, 2.24) is 14.7 Å². The number of amides is 1. The van der Waals surface area contributed by atoms with Crippen LogP contribution in [0, 0.1) is 0 Å². The number of aromatic nitrogens is 2. The third-order valence-corrected chi connectivity index (χ3v) is 4.73. The van der Waals surface area contributed by atoms with Gasteiger partial charge in [0, 0.05) is 50.1 Å². The van der Waals surface area contributed by atoms with Gasteiger partial charge in [-0.2, -0.15) is 5.10 Å². The van der Waals surface area contributed by atoms with Gasteiger partial charge >= 0.3 is 0 Å². The van der Waals surface area contributed by atoms with Crippen molar-refractivity contribution in [2.45, 2.75) is 18.9 Å². The largest absolute Gasteiger partial charge is 0.371 e. The Hall–Kier alpha value is -2.01. The average Bonchev–Trinajstić information content (AvgIpc) is 3.01. The molecule has 0 atom stereocenters. The van der Waals surface area contributed by atoms with Crippen molar-refractivity contribution < 1.29 is 4.79 Å². The van der Waals surface area contributed by atoms with E-state index >= 15 is 0 Å². The second-order valence-corrected chi connectivity index (χ2v) is 6.45. The second kappa shape index (κ2) is 6.62. The van der Waals surface area contributed by atoms with Crippen LogP contribution in [0.25, 0.3) is 0 Å². The fourth-order valence-electron chi connectivity index (χ4n) is 3.06. The number of hydrogen-bond donors (Lipinski definition) is 0. The summed E-state index contributed by atoms with van der Waals surface area (Å²) in [6.45, 7) is 1.88. The highest BCUT2D eigenvalue weighted by molar-refractivity contribution is 6.30. The number of hydrogen-bond acceptors (Lipinski definition) is 3. The summed E-state index contributed by atoms with van der Waals surface area (Å²) in [4.78, 5) is 16.7. The standard InChI is InChI=1S/C17H21ClN4O/c1-20-12-13(11-19-20)17(23)21(2)15-7-9-22(10-8-15)16-5-3-14(18)4-6-16/h3-6,11-12,15H,7-10H2,1-2H3. The maximum Gasteiger partial charge on any atom is 0.257 e. The van der Waals surface area contributed by atoms with Gasteiger partial charge in [0.1, 0.15) is 0 Å². The van der Waals surface area contributed by atoms with E-state index < -0.39 is 0 Å². The third kappa shape index (κ3) is 3.50. The molecule has 1 saturated heterocycles. The number of piperidine rings is 1. The zero-order valence-corrected chi connectivity index (χ0v) is 14.2. The summed E-state index contributed by atoms with van der Waals surface area (Å²) in [6.07, 6.45) is 5.32. The first-order valence-corrected chi connectivity index (χ1v) is 8.18. The van der Waals surface area contributed by atoms with Crippen molar-refractivity contribution in [3.8, 4) is 0 Å². The molecule has 0 radical (unpaired) electrons. The van der Waals surface area contributed by atoms with Crippen LogP contribution in [0.5, 0.6) is 0 Å². The van der Waals surface area contributed by atoms with Crippen LogP contribution in [0.3, 0.4) is 0 Å². The van der Waals surface area contributed by atoms with Crippen molar-refractivity contribution in [1.29, 1.82) is 0 Å². The highest BCUT2D eigenvalue weighted by Gasteiger charge is 2.26. The van der Waals surface area contributed by atoms with E-state index in [-0.39, 0.29) is 11.9 Å². The number of anilines is 1. The molecule has 3 rings (SSSR count). The van der Waals surface area contributed by atoms with E-state index in [2.05, 4.69) is 10.00 Å². The molecule has 122 valence electrons. The minimum Gasteiger partial charge on any atom is -0.371 e. The summed E-state index contributed by atoms with van der Waals surface area (Å²) >= 11 is 5.94. The molecule has 0 bridgehead atoms. The highest BCUT2D eigenvalue weighted by Crippen LogP contribution is 2.24. The first-order valence-electron chi connectivity index (χ1n) is 7.81. The first-order chi connectivity index (χ1) is 11.0. The van der Waals surface area contributed by atoms with Gasteiger partial charge in [0.05, 0.1) is 11.8 Å². The van der Waals surface area contributed by atoms with Crippen LogP contribution in [-0.2, 0) is 7.05 Å². The minimum absolute atomic E-state index is 0.0445. The van der Waals surface area contributed by atoms with E-state index in [9.17, 15) is 4.79 Å². The van der Waals surface area contributed by atoms with E-state index in [1.165, 1.54) is 5.69 Å². The Morgan fingerprint density at radius 3 is 2.48 bits per heavy atom. The quantitative estimate of drug-likeness (QED) is 0.868. The lowest BCUT2D eigenvalue weighted by Gasteiger charge is -2.37. The number of aryl methyl sites for hydroxylation is 1. The molecular formula is C17H21ClN4O. The highest BCUT2D eigenvalue weighted by atomic mass is 35.5. The van der Waals surface area contributed by atoms with Gasteiger partial charge in [-0.15, -0.1) is 0 Å². The van der Waals surface area contributed by atoms with Gasteiger partial charge in [-0.05, 0) is 37.1 Å². The van der Waals surface area contributed by atoms with Gasteiger partial charge in [0.25, 0.3) is 5.91 Å². The lowest BCUT2D eigenvalue weighted by Crippen LogP contribution is -2.45. The molecule has 23 heavy (non-hydrogen) atoms. The van der Waals surface area contributed by atoms with Crippen molar-refractivity contribution in [3.63, 3.8) is 0 Å². The normalized spacial score (nSPS) is 15.7. The topological polar surface area (TPSA) is 41.4 Å². The van der Waals surface area contributed by atoms with Crippen LogP contribution in [-0.4, -0.2) is 46.8 Å². The monoisotopic (exact) mass is 332 g/mol. The Morgan fingerprint density at radius 1 is 1.26 bits per heavy atom. The smallest absolute Gasteiger partial charge is 0.257 e. The van der Waals surface area contributed by atoms with Gasteiger partial charge in [-0.25, -0.2) is 0 Å². The molecule has 0 N–H and O–H groups in total. The van der Waals surface area contributed by atoms with Crippen LogP contribution in [0.15, 0.2) is 36.7 Å². The van der Waals surface area contributed by atoms with E-state index in [1.807, 2.05) is 43.3 Å². The lowest BCUT2D eigenvalue weighted by atomic mass is 10.0. The predicted molar refractivity (Wildman–Crippen MR) is 92.0 cm³/mol. The number of benzene rings is 1. The minimum atomic E-state index is 0.0445. The van der Waals surface area contributed by atoms with Crippen molar-refractivity contribution in [3.05, 3.63) is 47.2 Å². The molecule has 1 aromatic carbocycles. The Kier molecular flexibility index (Phi) is 4.57. The van der Waals surface area contributed by atoms with Crippen LogP contribution in [0.4, 0.5) is 5.69 Å². The zero-order chi connectivity index (χ0) is 16.4. The van der Waals surface area contributed by atoms with Crippen LogP contribution >= 0.6 is 11.6 Å². The van der Waals surface area contributed by atoms with Gasteiger partial charge in [0.15, 0.2) is 0 Å². The second-order valence-electron chi connectivity index (χ2n) is 6.01. The third-order valence-electron chi connectivity index (χ3n) is 4.48. The molecule has 0 aliphatic carbocycles. The van der Waals surface area contributed by atoms with Crippen molar-refractivity contribution >= 4 is 23.2 Å². The molecule has 2 aromatic rings. The van der Waals surface area contributed by atoms with Crippen molar-refractivity contribution in [2.75, 3.05) is 25.0 Å². The number of rotatable bonds is 3. The molecule has 0 unspecified atom stereocenters. The van der Waals surface area contributed by atoms with Gasteiger partial charge in [0.2, 0.25) is 0 Å². The molecule has 6 heteroatoms. The van der Waals surface area contributed by atoms with Gasteiger partial charge in [-0.3, -0.25) is 9.48 Å². The maximum absolute atomic E-state index is 12.5. The Labute approximate surface area is 141 Å². The number of nitrogens with zero attached hydrogens (tertiary/aromatic N) is 4.